The lowest BCUT2D eigenvalue weighted by Gasteiger charge is -2.13. The smallest absolute Gasteiger partial charge is 0.416 e. The molecule has 1 N–H and O–H groups in total. The van der Waals surface area contributed by atoms with Crippen molar-refractivity contribution in [2.24, 2.45) is 0 Å². The Kier molecular flexibility index (Phi) is 6.17. The summed E-state index contributed by atoms with van der Waals surface area (Å²) in [5.41, 5.74) is -0.990. The number of alkyl halides is 3. The lowest BCUT2D eigenvalue weighted by Crippen LogP contribution is -2.12. The van der Waals surface area contributed by atoms with E-state index in [0.717, 1.165) is 19.2 Å². The van der Waals surface area contributed by atoms with Crippen LogP contribution in [0.4, 0.5) is 13.2 Å². The van der Waals surface area contributed by atoms with E-state index >= 15 is 0 Å². The van der Waals surface area contributed by atoms with Gasteiger partial charge in [-0.2, -0.15) is 13.2 Å². The highest BCUT2D eigenvalue weighted by Crippen LogP contribution is 2.37. The molecule has 0 atom stereocenters. The Bertz CT molecular complexity index is 866. The normalized spacial score (nSPS) is 11.0. The number of hydrogen-bond donors (Lipinski definition) is 1. The number of methoxy groups -OCH3 is 1. The third-order valence-corrected chi connectivity index (χ3v) is 3.49. The van der Waals surface area contributed by atoms with Gasteiger partial charge in [-0.3, -0.25) is 0 Å². The van der Waals surface area contributed by atoms with Crippen molar-refractivity contribution in [2.75, 3.05) is 13.7 Å². The van der Waals surface area contributed by atoms with E-state index in [1.807, 2.05) is 0 Å². The van der Waals surface area contributed by atoms with Gasteiger partial charge in [0.15, 0.2) is 6.61 Å². The van der Waals surface area contributed by atoms with Crippen LogP contribution in [0.2, 0.25) is 5.02 Å². The van der Waals surface area contributed by atoms with Crippen LogP contribution in [0.3, 0.4) is 0 Å². The number of esters is 1. The number of carboxylic acids is 1. The molecule has 144 valence electrons. The van der Waals surface area contributed by atoms with Crippen molar-refractivity contribution in [3.63, 3.8) is 0 Å². The minimum absolute atomic E-state index is 0.0513. The average molecular weight is 405 g/mol. The van der Waals surface area contributed by atoms with Crippen LogP contribution < -0.4 is 9.47 Å². The van der Waals surface area contributed by atoms with E-state index in [2.05, 4.69) is 4.74 Å². The number of carbonyl (C=O) groups excluding carboxylic acids is 1. The molecule has 0 spiro atoms. The quantitative estimate of drug-likeness (QED) is 0.718. The SMILES string of the molecule is COC(=O)c1ccc(Oc2ccc(C(F)(F)F)cc2Cl)cc1OCC(=O)O. The fraction of sp³-hybridized carbons (Fsp3) is 0.176. The zero-order valence-electron chi connectivity index (χ0n) is 13.7. The molecule has 0 aromatic heterocycles. The third kappa shape index (κ3) is 5.27. The largest absolute Gasteiger partial charge is 0.481 e. The Balaban J connectivity index is 2.32. The molecule has 10 heteroatoms. The summed E-state index contributed by atoms with van der Waals surface area (Å²) in [7, 11) is 1.13. The number of carboxylic acid groups (broad SMARTS) is 1. The second-order valence-corrected chi connectivity index (χ2v) is 5.48. The van der Waals surface area contributed by atoms with Crippen molar-refractivity contribution in [3.8, 4) is 17.2 Å². The minimum atomic E-state index is -4.55. The standard InChI is InChI=1S/C17H12ClF3O6/c1-25-16(24)11-4-3-10(7-14(11)26-8-15(22)23)27-13-5-2-9(6-12(13)18)17(19,20)21/h2-7H,8H2,1H3,(H,22,23). The van der Waals surface area contributed by atoms with Gasteiger partial charge >= 0.3 is 18.1 Å². The number of benzene rings is 2. The zero-order valence-corrected chi connectivity index (χ0v) is 14.4. The monoisotopic (exact) mass is 404 g/mol. The van der Waals surface area contributed by atoms with E-state index < -0.39 is 30.3 Å². The van der Waals surface area contributed by atoms with Crippen molar-refractivity contribution < 1.29 is 42.1 Å². The molecule has 0 bridgehead atoms. The second kappa shape index (κ2) is 8.17. The van der Waals surface area contributed by atoms with E-state index in [4.69, 9.17) is 26.2 Å². The summed E-state index contributed by atoms with van der Waals surface area (Å²) < 4.78 is 53.0. The van der Waals surface area contributed by atoms with Crippen LogP contribution in [-0.4, -0.2) is 30.8 Å². The molecular formula is C17H12ClF3O6. The van der Waals surface area contributed by atoms with Crippen molar-refractivity contribution in [1.29, 1.82) is 0 Å². The summed E-state index contributed by atoms with van der Waals surface area (Å²) in [5.74, 6) is -2.19. The molecular weight excluding hydrogens is 393 g/mol. The van der Waals surface area contributed by atoms with Crippen LogP contribution in [0.1, 0.15) is 15.9 Å². The molecule has 2 aromatic carbocycles. The Hall–Kier alpha value is -2.94. The summed E-state index contributed by atoms with van der Waals surface area (Å²) in [5, 5.41) is 8.43. The highest BCUT2D eigenvalue weighted by atomic mass is 35.5. The van der Waals surface area contributed by atoms with Crippen LogP contribution in [-0.2, 0) is 15.7 Å². The zero-order chi connectivity index (χ0) is 20.2. The van der Waals surface area contributed by atoms with Crippen molar-refractivity contribution >= 4 is 23.5 Å². The van der Waals surface area contributed by atoms with Crippen LogP contribution in [0.5, 0.6) is 17.2 Å². The number of rotatable bonds is 6. The van der Waals surface area contributed by atoms with Crippen molar-refractivity contribution in [2.45, 2.75) is 6.18 Å². The maximum atomic E-state index is 12.7. The van der Waals surface area contributed by atoms with E-state index in [0.29, 0.717) is 6.07 Å². The Labute approximate surface area is 156 Å². The van der Waals surface area contributed by atoms with E-state index in [9.17, 15) is 22.8 Å². The Morgan fingerprint density at radius 2 is 1.81 bits per heavy atom. The van der Waals surface area contributed by atoms with Crippen molar-refractivity contribution in [1.82, 2.24) is 0 Å². The first-order chi connectivity index (χ1) is 12.6. The van der Waals surface area contributed by atoms with E-state index in [-0.39, 0.29) is 27.8 Å². The molecule has 2 rings (SSSR count). The molecule has 0 heterocycles. The highest BCUT2D eigenvalue weighted by Gasteiger charge is 2.31. The predicted molar refractivity (Wildman–Crippen MR) is 87.4 cm³/mol. The van der Waals surface area contributed by atoms with Crippen LogP contribution in [0.15, 0.2) is 36.4 Å². The molecule has 0 fully saturated rings. The van der Waals surface area contributed by atoms with Crippen LogP contribution in [0, 0.1) is 0 Å². The fourth-order valence-corrected chi connectivity index (χ4v) is 2.21. The predicted octanol–water partition coefficient (Wildman–Crippen LogP) is 4.40. The Morgan fingerprint density at radius 3 is 2.37 bits per heavy atom. The number of carbonyl (C=O) groups is 2. The van der Waals surface area contributed by atoms with Gasteiger partial charge in [0.25, 0.3) is 0 Å². The van der Waals surface area contributed by atoms with Crippen LogP contribution in [0.25, 0.3) is 0 Å². The molecule has 0 aliphatic rings. The highest BCUT2D eigenvalue weighted by molar-refractivity contribution is 6.32. The summed E-state index contributed by atoms with van der Waals surface area (Å²) >= 11 is 5.82. The van der Waals surface area contributed by atoms with Gasteiger partial charge in [-0.1, -0.05) is 11.6 Å². The molecule has 0 saturated carbocycles. The van der Waals surface area contributed by atoms with Gasteiger partial charge in [-0.15, -0.1) is 0 Å². The first kappa shape index (κ1) is 20.4. The third-order valence-electron chi connectivity index (χ3n) is 3.20. The molecule has 2 aromatic rings. The summed E-state index contributed by atoms with van der Waals surface area (Å²) in [6.45, 7) is -0.728. The van der Waals surface area contributed by atoms with Gasteiger partial charge in [0.05, 0.1) is 17.7 Å². The number of halogens is 4. The van der Waals surface area contributed by atoms with Crippen molar-refractivity contribution in [3.05, 3.63) is 52.5 Å². The van der Waals surface area contributed by atoms with Gasteiger partial charge in [-0.05, 0) is 30.3 Å². The molecule has 0 saturated heterocycles. The van der Waals surface area contributed by atoms with Gasteiger partial charge in [0.1, 0.15) is 22.8 Å². The molecule has 0 unspecified atom stereocenters. The summed E-state index contributed by atoms with van der Waals surface area (Å²) in [4.78, 5) is 22.4. The summed E-state index contributed by atoms with van der Waals surface area (Å²) in [6, 6.07) is 6.33. The lowest BCUT2D eigenvalue weighted by atomic mass is 10.2. The topological polar surface area (TPSA) is 82.1 Å². The van der Waals surface area contributed by atoms with Gasteiger partial charge in [0.2, 0.25) is 0 Å². The van der Waals surface area contributed by atoms with Crippen LogP contribution >= 0.6 is 11.6 Å². The van der Waals surface area contributed by atoms with E-state index in [1.54, 1.807) is 0 Å². The molecule has 6 nitrogen and oxygen atoms in total. The first-order valence-corrected chi connectivity index (χ1v) is 7.61. The number of hydrogen-bond acceptors (Lipinski definition) is 5. The number of ether oxygens (including phenoxy) is 3. The number of aliphatic carboxylic acids is 1. The van der Waals surface area contributed by atoms with Gasteiger partial charge < -0.3 is 19.3 Å². The second-order valence-electron chi connectivity index (χ2n) is 5.08. The lowest BCUT2D eigenvalue weighted by molar-refractivity contribution is -0.139. The van der Waals surface area contributed by atoms with Gasteiger partial charge in [-0.25, -0.2) is 9.59 Å². The molecule has 0 radical (unpaired) electrons. The molecule has 27 heavy (non-hydrogen) atoms. The fourth-order valence-electron chi connectivity index (χ4n) is 1.99. The maximum Gasteiger partial charge on any atom is 0.416 e. The molecule has 0 aliphatic heterocycles. The first-order valence-electron chi connectivity index (χ1n) is 7.23. The Morgan fingerprint density at radius 1 is 1.11 bits per heavy atom. The average Bonchev–Trinajstić information content (AvgIpc) is 2.60. The molecule has 0 amide bonds. The minimum Gasteiger partial charge on any atom is -0.481 e. The maximum absolute atomic E-state index is 12.7. The summed E-state index contributed by atoms with van der Waals surface area (Å²) in [6.07, 6.45) is -4.55. The molecule has 0 aliphatic carbocycles. The van der Waals surface area contributed by atoms with Gasteiger partial charge in [0, 0.05) is 6.07 Å². The van der Waals surface area contributed by atoms with E-state index in [1.165, 1.54) is 18.2 Å².